The van der Waals surface area contributed by atoms with Gasteiger partial charge in [-0.2, -0.15) is 0 Å². The number of esters is 1. The molecular weight excluding hydrogens is 174 g/mol. The molecule has 0 saturated heterocycles. The second-order valence-electron chi connectivity index (χ2n) is 2.76. The highest BCUT2D eigenvalue weighted by Crippen LogP contribution is 2.18. The van der Waals surface area contributed by atoms with Crippen molar-refractivity contribution in [3.8, 4) is 11.8 Å². The first kappa shape index (κ1) is 9.57. The molecule has 0 atom stereocenters. The lowest BCUT2D eigenvalue weighted by atomic mass is 10.2. The van der Waals surface area contributed by atoms with Crippen molar-refractivity contribution >= 4 is 5.97 Å². The van der Waals surface area contributed by atoms with Crippen LogP contribution in [0.5, 0.6) is 11.8 Å². The summed E-state index contributed by atoms with van der Waals surface area (Å²) in [5, 5.41) is 3.47. The smallest absolute Gasteiger partial charge is 0.322 e. The maximum atomic E-state index is 11.1. The third-order valence-corrected chi connectivity index (χ3v) is 1.35. The van der Waals surface area contributed by atoms with Crippen molar-refractivity contribution in [2.24, 2.45) is 5.92 Å². The van der Waals surface area contributed by atoms with Crippen molar-refractivity contribution in [1.82, 2.24) is 5.16 Å². The Bertz CT molecular complexity index is 292. The van der Waals surface area contributed by atoms with E-state index in [1.165, 1.54) is 13.2 Å². The summed E-state index contributed by atoms with van der Waals surface area (Å²) in [6.07, 6.45) is 0. The molecule has 1 aromatic heterocycles. The van der Waals surface area contributed by atoms with E-state index in [0.717, 1.165) is 0 Å². The summed E-state index contributed by atoms with van der Waals surface area (Å²) in [5.74, 6) is -0.225. The highest BCUT2D eigenvalue weighted by Gasteiger charge is 2.13. The van der Waals surface area contributed by atoms with Crippen LogP contribution in [0, 0.1) is 5.92 Å². The number of hydrogen-bond acceptors (Lipinski definition) is 5. The Morgan fingerprint density at radius 3 is 2.77 bits per heavy atom. The average molecular weight is 185 g/mol. The molecular formula is C8H11NO4. The topological polar surface area (TPSA) is 61.6 Å². The van der Waals surface area contributed by atoms with Gasteiger partial charge in [-0.15, -0.1) is 0 Å². The maximum absolute atomic E-state index is 11.1. The maximum Gasteiger partial charge on any atom is 0.322 e. The minimum Gasteiger partial charge on any atom is -0.479 e. The zero-order valence-corrected chi connectivity index (χ0v) is 7.73. The van der Waals surface area contributed by atoms with E-state index < -0.39 is 0 Å². The van der Waals surface area contributed by atoms with Gasteiger partial charge in [-0.1, -0.05) is 13.8 Å². The molecule has 1 heterocycles. The molecule has 0 aliphatic carbocycles. The van der Waals surface area contributed by atoms with Crippen molar-refractivity contribution in [1.29, 1.82) is 0 Å². The van der Waals surface area contributed by atoms with E-state index in [2.05, 4.69) is 9.68 Å². The van der Waals surface area contributed by atoms with Crippen LogP contribution in [0.4, 0.5) is 0 Å². The monoisotopic (exact) mass is 185 g/mol. The SMILES string of the molecule is COc1cc(OC(=O)C(C)C)on1. The van der Waals surface area contributed by atoms with E-state index in [0.29, 0.717) is 0 Å². The summed E-state index contributed by atoms with van der Waals surface area (Å²) >= 11 is 0. The van der Waals surface area contributed by atoms with Crippen LogP contribution in [-0.4, -0.2) is 18.2 Å². The highest BCUT2D eigenvalue weighted by atomic mass is 16.7. The second kappa shape index (κ2) is 3.93. The van der Waals surface area contributed by atoms with Gasteiger partial charge < -0.3 is 14.0 Å². The Balaban J connectivity index is 2.59. The van der Waals surface area contributed by atoms with Gasteiger partial charge in [-0.3, -0.25) is 4.79 Å². The van der Waals surface area contributed by atoms with E-state index in [9.17, 15) is 4.79 Å². The molecule has 1 aromatic rings. The molecule has 1 rings (SSSR count). The molecule has 0 saturated carbocycles. The normalized spacial score (nSPS) is 10.2. The van der Waals surface area contributed by atoms with Crippen LogP contribution < -0.4 is 9.47 Å². The van der Waals surface area contributed by atoms with Gasteiger partial charge in [-0.05, 0) is 5.16 Å². The van der Waals surface area contributed by atoms with Crippen LogP contribution in [0.25, 0.3) is 0 Å². The van der Waals surface area contributed by atoms with Gasteiger partial charge in [0.05, 0.1) is 19.1 Å². The average Bonchev–Trinajstić information content (AvgIpc) is 2.52. The zero-order chi connectivity index (χ0) is 9.84. The quantitative estimate of drug-likeness (QED) is 0.663. The van der Waals surface area contributed by atoms with Crippen molar-refractivity contribution in [2.45, 2.75) is 13.8 Å². The predicted molar refractivity (Wildman–Crippen MR) is 43.5 cm³/mol. The molecule has 13 heavy (non-hydrogen) atoms. The Kier molecular flexibility index (Phi) is 2.89. The molecule has 5 heteroatoms. The molecule has 0 fully saturated rings. The number of carbonyl (C=O) groups is 1. The highest BCUT2D eigenvalue weighted by molar-refractivity contribution is 5.73. The molecule has 0 unspecified atom stereocenters. The lowest BCUT2D eigenvalue weighted by Gasteiger charge is -2.00. The van der Waals surface area contributed by atoms with E-state index >= 15 is 0 Å². The third-order valence-electron chi connectivity index (χ3n) is 1.35. The summed E-state index contributed by atoms with van der Waals surface area (Å²) < 4.78 is 14.2. The number of aromatic nitrogens is 1. The fourth-order valence-corrected chi connectivity index (χ4v) is 0.605. The molecule has 0 amide bonds. The van der Waals surface area contributed by atoms with Crippen molar-refractivity contribution in [3.63, 3.8) is 0 Å². The Morgan fingerprint density at radius 2 is 2.31 bits per heavy atom. The number of methoxy groups -OCH3 is 1. The number of nitrogens with zero attached hydrogens (tertiary/aromatic N) is 1. The predicted octanol–water partition coefficient (Wildman–Crippen LogP) is 1.24. The van der Waals surface area contributed by atoms with E-state index in [1.807, 2.05) is 0 Å². The van der Waals surface area contributed by atoms with Gasteiger partial charge in [0, 0.05) is 0 Å². The minimum absolute atomic E-state index is 0.0514. The molecule has 0 aromatic carbocycles. The van der Waals surface area contributed by atoms with Gasteiger partial charge in [0.2, 0.25) is 0 Å². The first-order valence-corrected chi connectivity index (χ1v) is 3.86. The summed E-state index contributed by atoms with van der Waals surface area (Å²) in [6, 6.07) is 1.40. The molecule has 5 nitrogen and oxygen atoms in total. The van der Waals surface area contributed by atoms with Crippen LogP contribution in [0.3, 0.4) is 0 Å². The first-order valence-electron chi connectivity index (χ1n) is 3.86. The molecule has 0 aliphatic heterocycles. The number of hydrogen-bond donors (Lipinski definition) is 0. The summed E-state index contributed by atoms with van der Waals surface area (Å²) in [7, 11) is 1.45. The largest absolute Gasteiger partial charge is 0.479 e. The number of carbonyl (C=O) groups excluding carboxylic acids is 1. The van der Waals surface area contributed by atoms with Crippen LogP contribution in [-0.2, 0) is 4.79 Å². The fourth-order valence-electron chi connectivity index (χ4n) is 0.605. The van der Waals surface area contributed by atoms with Gasteiger partial charge in [0.1, 0.15) is 0 Å². The Labute approximate surface area is 75.6 Å². The summed E-state index contributed by atoms with van der Waals surface area (Å²) in [5.41, 5.74) is 0. The Hall–Kier alpha value is -1.52. The van der Waals surface area contributed by atoms with Gasteiger partial charge >= 0.3 is 11.9 Å². The third kappa shape index (κ3) is 2.47. The molecule has 0 bridgehead atoms. The number of ether oxygens (including phenoxy) is 2. The first-order chi connectivity index (χ1) is 6.13. The zero-order valence-electron chi connectivity index (χ0n) is 7.73. The van der Waals surface area contributed by atoms with Crippen LogP contribution in [0.15, 0.2) is 10.6 Å². The van der Waals surface area contributed by atoms with Crippen molar-refractivity contribution < 1.29 is 18.8 Å². The van der Waals surface area contributed by atoms with Crippen LogP contribution in [0.1, 0.15) is 13.8 Å². The van der Waals surface area contributed by atoms with Crippen molar-refractivity contribution in [3.05, 3.63) is 6.07 Å². The molecule has 0 aliphatic rings. The second-order valence-corrected chi connectivity index (χ2v) is 2.76. The van der Waals surface area contributed by atoms with E-state index in [-0.39, 0.29) is 23.7 Å². The van der Waals surface area contributed by atoms with Crippen molar-refractivity contribution in [2.75, 3.05) is 7.11 Å². The summed E-state index contributed by atoms with van der Waals surface area (Å²) in [6.45, 7) is 3.46. The minimum atomic E-state index is -0.362. The van der Waals surface area contributed by atoms with E-state index in [1.54, 1.807) is 13.8 Å². The molecule has 0 radical (unpaired) electrons. The molecule has 0 N–H and O–H groups in total. The van der Waals surface area contributed by atoms with Crippen LogP contribution in [0.2, 0.25) is 0 Å². The number of rotatable bonds is 3. The van der Waals surface area contributed by atoms with Gasteiger partial charge in [0.25, 0.3) is 5.88 Å². The van der Waals surface area contributed by atoms with Gasteiger partial charge in [-0.25, -0.2) is 0 Å². The fraction of sp³-hybridized carbons (Fsp3) is 0.500. The van der Waals surface area contributed by atoms with Crippen LogP contribution >= 0.6 is 0 Å². The standard InChI is InChI=1S/C8H11NO4/c1-5(2)8(10)12-7-4-6(11-3)9-13-7/h4-5H,1-3H3. The molecule has 72 valence electrons. The summed E-state index contributed by atoms with van der Waals surface area (Å²) in [4.78, 5) is 11.1. The van der Waals surface area contributed by atoms with Gasteiger partial charge in [0.15, 0.2) is 0 Å². The molecule has 0 spiro atoms. The lowest BCUT2D eigenvalue weighted by Crippen LogP contribution is -2.14. The lowest BCUT2D eigenvalue weighted by molar-refractivity contribution is -0.139. The van der Waals surface area contributed by atoms with E-state index in [4.69, 9.17) is 9.47 Å². The Morgan fingerprint density at radius 1 is 1.62 bits per heavy atom.